The van der Waals surface area contributed by atoms with Gasteiger partial charge in [-0.2, -0.15) is 0 Å². The van der Waals surface area contributed by atoms with Crippen molar-refractivity contribution >= 4 is 32.7 Å². The molecule has 0 spiro atoms. The van der Waals surface area contributed by atoms with E-state index in [9.17, 15) is 8.42 Å². The van der Waals surface area contributed by atoms with E-state index in [4.69, 9.17) is 0 Å². The van der Waals surface area contributed by atoms with Crippen molar-refractivity contribution in [2.24, 2.45) is 0 Å². The van der Waals surface area contributed by atoms with Gasteiger partial charge in [-0.15, -0.1) is 22.7 Å². The van der Waals surface area contributed by atoms with Crippen LogP contribution in [0.15, 0.2) is 27.9 Å². The Kier molecular flexibility index (Phi) is 5.88. The van der Waals surface area contributed by atoms with Gasteiger partial charge in [-0.3, -0.25) is 0 Å². The van der Waals surface area contributed by atoms with Gasteiger partial charge in [0.25, 0.3) is 0 Å². The molecule has 2 heterocycles. The predicted octanol–water partition coefficient (Wildman–Crippen LogP) is 2.05. The molecule has 116 valence electrons. The van der Waals surface area contributed by atoms with Crippen LogP contribution in [0.5, 0.6) is 0 Å². The molecule has 2 rings (SSSR count). The molecule has 0 radical (unpaired) electrons. The van der Waals surface area contributed by atoms with Gasteiger partial charge in [0.15, 0.2) is 0 Å². The van der Waals surface area contributed by atoms with Gasteiger partial charge in [-0.05, 0) is 32.1 Å². The number of sulfonamides is 1. The molecule has 0 amide bonds. The molecule has 5 nitrogen and oxygen atoms in total. The second-order valence-electron chi connectivity index (χ2n) is 4.70. The monoisotopic (exact) mass is 345 g/mol. The molecule has 2 aromatic rings. The largest absolute Gasteiger partial charge is 0.319 e. The van der Waals surface area contributed by atoms with Crippen molar-refractivity contribution in [1.82, 2.24) is 15.0 Å². The summed E-state index contributed by atoms with van der Waals surface area (Å²) in [4.78, 5) is 5.27. The van der Waals surface area contributed by atoms with Crippen molar-refractivity contribution in [1.29, 1.82) is 0 Å². The zero-order valence-corrected chi connectivity index (χ0v) is 14.4. The Morgan fingerprint density at radius 1 is 1.38 bits per heavy atom. The summed E-state index contributed by atoms with van der Waals surface area (Å²) < 4.78 is 27.6. The Hall–Kier alpha value is -0.800. The first kappa shape index (κ1) is 16.6. The SMILES string of the molecule is CNCCc1ccc(S(=O)(=O)NCC(C)c2nccs2)s1. The van der Waals surface area contributed by atoms with E-state index >= 15 is 0 Å². The van der Waals surface area contributed by atoms with E-state index in [1.807, 2.05) is 25.4 Å². The first-order valence-electron chi connectivity index (χ1n) is 6.65. The van der Waals surface area contributed by atoms with Gasteiger partial charge in [0.1, 0.15) is 4.21 Å². The number of likely N-dealkylation sites (N-methyl/N-ethyl adjacent to an activating group) is 1. The average Bonchev–Trinajstić information content (AvgIpc) is 3.13. The van der Waals surface area contributed by atoms with Gasteiger partial charge in [-0.25, -0.2) is 18.1 Å². The highest BCUT2D eigenvalue weighted by atomic mass is 32.2. The van der Waals surface area contributed by atoms with Gasteiger partial charge in [0.2, 0.25) is 10.0 Å². The van der Waals surface area contributed by atoms with Crippen LogP contribution in [-0.4, -0.2) is 33.5 Å². The minimum atomic E-state index is -3.43. The van der Waals surface area contributed by atoms with Crippen molar-refractivity contribution in [2.45, 2.75) is 23.5 Å². The van der Waals surface area contributed by atoms with E-state index in [0.29, 0.717) is 10.8 Å². The lowest BCUT2D eigenvalue weighted by Gasteiger charge is -2.09. The zero-order chi connectivity index (χ0) is 15.3. The van der Waals surface area contributed by atoms with Crippen LogP contribution in [-0.2, 0) is 16.4 Å². The van der Waals surface area contributed by atoms with E-state index in [-0.39, 0.29) is 5.92 Å². The smallest absolute Gasteiger partial charge is 0.250 e. The molecule has 0 aliphatic rings. The van der Waals surface area contributed by atoms with Gasteiger partial charge in [-0.1, -0.05) is 6.92 Å². The second-order valence-corrected chi connectivity index (χ2v) is 8.79. The Labute approximate surface area is 133 Å². The fraction of sp³-hybridized carbons (Fsp3) is 0.462. The fourth-order valence-electron chi connectivity index (χ4n) is 1.76. The Balaban J connectivity index is 1.96. The summed E-state index contributed by atoms with van der Waals surface area (Å²) in [6, 6.07) is 3.55. The molecule has 0 aliphatic heterocycles. The number of aromatic nitrogens is 1. The second kappa shape index (κ2) is 7.46. The molecule has 2 N–H and O–H groups in total. The first-order valence-corrected chi connectivity index (χ1v) is 9.83. The van der Waals surface area contributed by atoms with Gasteiger partial charge in [0.05, 0.1) is 5.01 Å². The van der Waals surface area contributed by atoms with Crippen molar-refractivity contribution in [2.75, 3.05) is 20.1 Å². The molecule has 21 heavy (non-hydrogen) atoms. The molecule has 1 unspecified atom stereocenters. The van der Waals surface area contributed by atoms with Crippen molar-refractivity contribution in [3.63, 3.8) is 0 Å². The summed E-state index contributed by atoms with van der Waals surface area (Å²) >= 11 is 2.87. The maximum Gasteiger partial charge on any atom is 0.250 e. The molecule has 0 aliphatic carbocycles. The summed E-state index contributed by atoms with van der Waals surface area (Å²) in [7, 11) is -1.54. The molecule has 8 heteroatoms. The van der Waals surface area contributed by atoms with E-state index in [0.717, 1.165) is 22.9 Å². The Morgan fingerprint density at radius 3 is 2.86 bits per heavy atom. The number of hydrogen-bond donors (Lipinski definition) is 2. The molecule has 0 fully saturated rings. The van der Waals surface area contributed by atoms with Crippen LogP contribution in [0.3, 0.4) is 0 Å². The van der Waals surface area contributed by atoms with Gasteiger partial charge < -0.3 is 5.32 Å². The van der Waals surface area contributed by atoms with E-state index in [1.165, 1.54) is 11.3 Å². The summed E-state index contributed by atoms with van der Waals surface area (Å²) in [6.45, 7) is 3.17. The minimum absolute atomic E-state index is 0.0727. The van der Waals surface area contributed by atoms with E-state index in [1.54, 1.807) is 23.6 Å². The third kappa shape index (κ3) is 4.58. The third-order valence-electron chi connectivity index (χ3n) is 2.98. The topological polar surface area (TPSA) is 71.1 Å². The highest BCUT2D eigenvalue weighted by Crippen LogP contribution is 2.23. The first-order chi connectivity index (χ1) is 10.0. The maximum absolute atomic E-state index is 12.3. The van der Waals surface area contributed by atoms with Crippen LogP contribution >= 0.6 is 22.7 Å². The molecule has 0 bridgehead atoms. The van der Waals surface area contributed by atoms with Crippen molar-refractivity contribution in [3.05, 3.63) is 33.6 Å². The molecule has 0 saturated heterocycles. The predicted molar refractivity (Wildman–Crippen MR) is 87.7 cm³/mol. The zero-order valence-electron chi connectivity index (χ0n) is 12.0. The lowest BCUT2D eigenvalue weighted by molar-refractivity contribution is 0.576. The number of thiophene rings is 1. The van der Waals surface area contributed by atoms with Crippen molar-refractivity contribution in [3.8, 4) is 0 Å². The molecule has 2 aromatic heterocycles. The van der Waals surface area contributed by atoms with E-state index < -0.39 is 10.0 Å². The van der Waals surface area contributed by atoms with Crippen LogP contribution in [0.2, 0.25) is 0 Å². The van der Waals surface area contributed by atoms with Crippen molar-refractivity contribution < 1.29 is 8.42 Å². The van der Waals surface area contributed by atoms with E-state index in [2.05, 4.69) is 15.0 Å². The molecular weight excluding hydrogens is 326 g/mol. The summed E-state index contributed by atoms with van der Waals surface area (Å²) in [5.74, 6) is 0.0727. The standard InChI is InChI=1S/C13H19N3O2S3/c1-10(13-15-7-8-19-13)9-16-21(17,18)12-4-3-11(20-12)5-6-14-2/h3-4,7-8,10,14,16H,5-6,9H2,1-2H3. The highest BCUT2D eigenvalue weighted by molar-refractivity contribution is 7.91. The number of hydrogen-bond acceptors (Lipinski definition) is 6. The van der Waals surface area contributed by atoms with Gasteiger partial charge >= 0.3 is 0 Å². The van der Waals surface area contributed by atoms with Crippen LogP contribution in [0.1, 0.15) is 22.7 Å². The van der Waals surface area contributed by atoms with Crippen LogP contribution in [0, 0.1) is 0 Å². The number of nitrogens with one attached hydrogen (secondary N) is 2. The number of rotatable bonds is 8. The Bertz CT molecular complexity index is 650. The fourth-order valence-corrected chi connectivity index (χ4v) is 4.99. The summed E-state index contributed by atoms with van der Waals surface area (Å²) in [5.41, 5.74) is 0. The van der Waals surface area contributed by atoms with Crippen LogP contribution in [0.4, 0.5) is 0 Å². The minimum Gasteiger partial charge on any atom is -0.319 e. The Morgan fingerprint density at radius 2 is 2.19 bits per heavy atom. The quantitative estimate of drug-likeness (QED) is 0.768. The van der Waals surface area contributed by atoms with Crippen LogP contribution in [0.25, 0.3) is 0 Å². The summed E-state index contributed by atoms with van der Waals surface area (Å²) in [6.07, 6.45) is 2.57. The van der Waals surface area contributed by atoms with Gasteiger partial charge in [0, 0.05) is 28.9 Å². The molecule has 0 saturated carbocycles. The summed E-state index contributed by atoms with van der Waals surface area (Å²) in [5, 5.41) is 5.90. The molecular formula is C13H19N3O2S3. The lowest BCUT2D eigenvalue weighted by Crippen LogP contribution is -2.27. The maximum atomic E-state index is 12.3. The average molecular weight is 346 g/mol. The normalized spacial score (nSPS) is 13.4. The van der Waals surface area contributed by atoms with Crippen LogP contribution < -0.4 is 10.0 Å². The number of thiazole rings is 1. The lowest BCUT2D eigenvalue weighted by atomic mass is 10.2. The number of nitrogens with zero attached hydrogens (tertiary/aromatic N) is 1. The molecule has 0 aromatic carbocycles. The highest BCUT2D eigenvalue weighted by Gasteiger charge is 2.18. The molecule has 1 atom stereocenters. The third-order valence-corrected chi connectivity index (χ3v) is 7.04.